The van der Waals surface area contributed by atoms with Crippen LogP contribution in [0.5, 0.6) is 0 Å². The minimum absolute atomic E-state index is 0.0896. The van der Waals surface area contributed by atoms with Crippen LogP contribution in [-0.4, -0.2) is 58.9 Å². The first kappa shape index (κ1) is 28.4. The highest BCUT2D eigenvalue weighted by Gasteiger charge is 2.21. The lowest BCUT2D eigenvalue weighted by Gasteiger charge is -2.18. The van der Waals surface area contributed by atoms with Crippen LogP contribution in [-0.2, 0) is 23.0 Å². The number of aromatic carboxylic acids is 1. The number of rotatable bonds is 10. The van der Waals surface area contributed by atoms with Crippen molar-refractivity contribution in [3.8, 4) is 5.69 Å². The van der Waals surface area contributed by atoms with Crippen molar-refractivity contribution < 1.29 is 36.3 Å². The number of carbonyl (C=O) groups is 2. The van der Waals surface area contributed by atoms with Crippen molar-refractivity contribution in [2.75, 3.05) is 13.6 Å². The van der Waals surface area contributed by atoms with Crippen molar-refractivity contribution >= 4 is 21.9 Å². The number of sulfonamides is 1. The Morgan fingerprint density at radius 1 is 1.00 bits per heavy atom. The quantitative estimate of drug-likeness (QED) is 0.298. The average Bonchev–Trinajstić information content (AvgIpc) is 3.40. The van der Waals surface area contributed by atoms with Crippen LogP contribution in [0.2, 0.25) is 0 Å². The van der Waals surface area contributed by atoms with E-state index in [1.807, 2.05) is 0 Å². The molecule has 3 aromatic carbocycles. The molecule has 4 aromatic rings. The summed E-state index contributed by atoms with van der Waals surface area (Å²) in [5, 5.41) is 16.3. The molecule has 0 aliphatic carbocycles. The van der Waals surface area contributed by atoms with Crippen molar-refractivity contribution in [2.24, 2.45) is 0 Å². The maximum Gasteiger partial charge on any atom is 0.341 e. The second-order valence-electron chi connectivity index (χ2n) is 8.66. The Kier molecular flexibility index (Phi) is 8.30. The van der Waals surface area contributed by atoms with Crippen LogP contribution in [0.25, 0.3) is 5.69 Å². The number of nitrogens with zero attached hydrogens (tertiary/aromatic N) is 4. The fourth-order valence-corrected chi connectivity index (χ4v) is 4.81. The van der Waals surface area contributed by atoms with Crippen molar-refractivity contribution in [1.29, 1.82) is 0 Å². The third-order valence-corrected chi connectivity index (χ3v) is 7.30. The summed E-state index contributed by atoms with van der Waals surface area (Å²) >= 11 is 0. The molecule has 0 bridgehead atoms. The fourth-order valence-electron chi connectivity index (χ4n) is 3.76. The minimum Gasteiger partial charge on any atom is -0.477 e. The molecule has 1 amide bonds. The van der Waals surface area contributed by atoms with Gasteiger partial charge < -0.3 is 10.0 Å². The van der Waals surface area contributed by atoms with E-state index in [0.29, 0.717) is 5.56 Å². The van der Waals surface area contributed by atoms with Crippen LogP contribution >= 0.6 is 0 Å². The van der Waals surface area contributed by atoms with Crippen molar-refractivity contribution in [1.82, 2.24) is 24.6 Å². The molecule has 1 heterocycles. The van der Waals surface area contributed by atoms with Gasteiger partial charge in [0.05, 0.1) is 29.0 Å². The number of carbonyl (C=O) groups excluding carboxylic acids is 1. The van der Waals surface area contributed by atoms with Crippen molar-refractivity contribution in [3.05, 3.63) is 107 Å². The SMILES string of the molecule is CN(CCc1ccccc1F)C(=O)c1cccc(S(=O)(=O)NCc2cn(-c3cc(F)c(C(=O)O)c(F)c3)nn2)c1. The Morgan fingerprint density at radius 2 is 1.70 bits per heavy atom. The predicted molar refractivity (Wildman–Crippen MR) is 136 cm³/mol. The first-order chi connectivity index (χ1) is 19.0. The van der Waals surface area contributed by atoms with Gasteiger partial charge in [0.2, 0.25) is 10.0 Å². The lowest BCUT2D eigenvalue weighted by Crippen LogP contribution is -2.29. The minimum atomic E-state index is -4.12. The number of benzene rings is 3. The maximum absolute atomic E-state index is 14.0. The van der Waals surface area contributed by atoms with Crippen LogP contribution in [0.1, 0.15) is 32.0 Å². The summed E-state index contributed by atoms with van der Waals surface area (Å²) in [5.74, 6) is -5.22. The summed E-state index contributed by atoms with van der Waals surface area (Å²) < 4.78 is 70.9. The van der Waals surface area contributed by atoms with E-state index in [9.17, 15) is 31.2 Å². The Bertz CT molecular complexity index is 1670. The van der Waals surface area contributed by atoms with Crippen LogP contribution in [0.4, 0.5) is 13.2 Å². The molecule has 0 saturated carbocycles. The van der Waals surface area contributed by atoms with E-state index >= 15 is 0 Å². The van der Waals surface area contributed by atoms with Gasteiger partial charge in [-0.1, -0.05) is 29.5 Å². The zero-order valence-electron chi connectivity index (χ0n) is 20.9. The molecule has 0 aliphatic rings. The molecule has 2 N–H and O–H groups in total. The Labute approximate surface area is 226 Å². The number of halogens is 3. The second-order valence-corrected chi connectivity index (χ2v) is 10.4. The first-order valence-electron chi connectivity index (χ1n) is 11.7. The predicted octanol–water partition coefficient (Wildman–Crippen LogP) is 3.18. The standard InChI is InChI=1S/C26H22F3N5O5S/c1-33(10-9-16-5-2-3-8-21(16)27)25(35)17-6-4-7-20(11-17)40(38,39)30-14-18-15-34(32-31-18)19-12-22(28)24(26(36)37)23(29)13-19/h2-8,11-13,15,30H,9-10,14H2,1H3,(H,36,37). The summed E-state index contributed by atoms with van der Waals surface area (Å²) in [6, 6.07) is 13.1. The molecule has 208 valence electrons. The highest BCUT2D eigenvalue weighted by Crippen LogP contribution is 2.19. The van der Waals surface area contributed by atoms with Gasteiger partial charge in [0.1, 0.15) is 23.0 Å². The molecule has 10 nitrogen and oxygen atoms in total. The average molecular weight is 574 g/mol. The van der Waals surface area contributed by atoms with Crippen LogP contribution < -0.4 is 4.72 Å². The van der Waals surface area contributed by atoms with Gasteiger partial charge in [0.15, 0.2) is 0 Å². The summed E-state index contributed by atoms with van der Waals surface area (Å²) in [4.78, 5) is 25.0. The summed E-state index contributed by atoms with van der Waals surface area (Å²) in [6.07, 6.45) is 1.49. The largest absolute Gasteiger partial charge is 0.477 e. The number of likely N-dealkylation sites (N-methyl/N-ethyl adjacent to an activating group) is 1. The zero-order valence-corrected chi connectivity index (χ0v) is 21.7. The summed E-state index contributed by atoms with van der Waals surface area (Å²) in [7, 11) is -2.59. The van der Waals surface area contributed by atoms with Gasteiger partial charge in [-0.05, 0) is 36.2 Å². The van der Waals surface area contributed by atoms with E-state index in [1.165, 1.54) is 48.5 Å². The van der Waals surface area contributed by atoms with Gasteiger partial charge in [-0.2, -0.15) is 0 Å². The summed E-state index contributed by atoms with van der Waals surface area (Å²) in [5.41, 5.74) is -0.626. The van der Waals surface area contributed by atoms with Crippen LogP contribution in [0.3, 0.4) is 0 Å². The topological polar surface area (TPSA) is 134 Å². The van der Waals surface area contributed by atoms with Crippen molar-refractivity contribution in [3.63, 3.8) is 0 Å². The van der Waals surface area contributed by atoms with E-state index in [-0.39, 0.29) is 47.2 Å². The molecule has 40 heavy (non-hydrogen) atoms. The smallest absolute Gasteiger partial charge is 0.341 e. The molecule has 0 atom stereocenters. The van der Waals surface area contributed by atoms with E-state index in [0.717, 1.165) is 16.8 Å². The van der Waals surface area contributed by atoms with Gasteiger partial charge in [0, 0.05) is 31.3 Å². The number of hydrogen-bond donors (Lipinski definition) is 2. The van der Waals surface area contributed by atoms with Gasteiger partial charge in [-0.3, -0.25) is 4.79 Å². The molecule has 0 fully saturated rings. The highest BCUT2D eigenvalue weighted by atomic mass is 32.2. The van der Waals surface area contributed by atoms with Crippen LogP contribution in [0.15, 0.2) is 71.8 Å². The number of carboxylic acids is 1. The fraction of sp³-hybridized carbons (Fsp3) is 0.154. The van der Waals surface area contributed by atoms with Crippen LogP contribution in [0, 0.1) is 17.5 Å². The third-order valence-electron chi connectivity index (χ3n) is 5.90. The Hall–Kier alpha value is -4.56. The Morgan fingerprint density at radius 3 is 2.38 bits per heavy atom. The molecule has 4 rings (SSSR count). The number of amides is 1. The monoisotopic (exact) mass is 573 g/mol. The normalized spacial score (nSPS) is 11.4. The van der Waals surface area contributed by atoms with E-state index in [4.69, 9.17) is 5.11 Å². The second kappa shape index (κ2) is 11.7. The molecule has 0 spiro atoms. The molecular formula is C26H22F3N5O5S. The van der Waals surface area contributed by atoms with Crippen molar-refractivity contribution in [2.45, 2.75) is 17.9 Å². The molecule has 0 aliphatic heterocycles. The van der Waals surface area contributed by atoms with Gasteiger partial charge in [0.25, 0.3) is 5.91 Å². The molecule has 1 aromatic heterocycles. The molecule has 0 saturated heterocycles. The zero-order chi connectivity index (χ0) is 29.0. The third kappa shape index (κ3) is 6.35. The van der Waals surface area contributed by atoms with E-state index in [1.54, 1.807) is 18.2 Å². The van der Waals surface area contributed by atoms with Gasteiger partial charge >= 0.3 is 5.97 Å². The van der Waals surface area contributed by atoms with Gasteiger partial charge in [-0.15, -0.1) is 5.10 Å². The number of hydrogen-bond acceptors (Lipinski definition) is 6. The summed E-state index contributed by atoms with van der Waals surface area (Å²) in [6.45, 7) is -0.140. The molecule has 0 unspecified atom stereocenters. The number of aromatic nitrogens is 3. The lowest BCUT2D eigenvalue weighted by atomic mass is 10.1. The lowest BCUT2D eigenvalue weighted by molar-refractivity contribution is 0.0685. The molecule has 14 heteroatoms. The number of carboxylic acid groups (broad SMARTS) is 1. The maximum atomic E-state index is 14.0. The first-order valence-corrected chi connectivity index (χ1v) is 13.2. The Balaban J connectivity index is 1.42. The number of nitrogens with one attached hydrogen (secondary N) is 1. The molecular weight excluding hydrogens is 551 g/mol. The van der Waals surface area contributed by atoms with E-state index < -0.39 is 39.1 Å². The van der Waals surface area contributed by atoms with Gasteiger partial charge in [-0.25, -0.2) is 35.8 Å². The van der Waals surface area contributed by atoms with E-state index in [2.05, 4.69) is 15.0 Å². The highest BCUT2D eigenvalue weighted by molar-refractivity contribution is 7.89. The molecule has 0 radical (unpaired) electrons.